The van der Waals surface area contributed by atoms with Gasteiger partial charge in [-0.05, 0) is 68.1 Å². The number of aryl methyl sites for hydroxylation is 1. The van der Waals surface area contributed by atoms with Crippen molar-refractivity contribution < 1.29 is 19.1 Å². The van der Waals surface area contributed by atoms with E-state index < -0.39 is 6.04 Å². The van der Waals surface area contributed by atoms with Gasteiger partial charge in [0, 0.05) is 17.6 Å². The third-order valence-corrected chi connectivity index (χ3v) is 6.30. The number of hydrogen-bond donors (Lipinski definition) is 1. The second kappa shape index (κ2) is 11.2. The molecule has 0 saturated heterocycles. The van der Waals surface area contributed by atoms with Crippen LogP contribution in [0.15, 0.2) is 42.5 Å². The summed E-state index contributed by atoms with van der Waals surface area (Å²) in [6, 6.07) is 12.3. The van der Waals surface area contributed by atoms with Gasteiger partial charge in [0.1, 0.15) is 17.5 Å². The third kappa shape index (κ3) is 6.39. The first-order chi connectivity index (χ1) is 15.4. The molecule has 6 nitrogen and oxygen atoms in total. The zero-order valence-electron chi connectivity index (χ0n) is 18.9. The van der Waals surface area contributed by atoms with E-state index in [0.29, 0.717) is 17.3 Å². The molecule has 2 aromatic rings. The van der Waals surface area contributed by atoms with Gasteiger partial charge in [-0.3, -0.25) is 9.59 Å². The molecule has 1 atom stereocenters. The number of carbonyl (C=O) groups excluding carboxylic acids is 2. The van der Waals surface area contributed by atoms with Crippen LogP contribution in [0.4, 0.5) is 0 Å². The van der Waals surface area contributed by atoms with Crippen LogP contribution in [0, 0.1) is 6.92 Å². The lowest BCUT2D eigenvalue weighted by molar-refractivity contribution is -0.142. The van der Waals surface area contributed by atoms with E-state index in [2.05, 4.69) is 5.32 Å². The summed E-state index contributed by atoms with van der Waals surface area (Å²) in [6.45, 7) is 3.77. The molecular weight excluding hydrogens is 428 g/mol. The standard InChI is InChI=1S/C25H31ClN2O4/c1-17-14-22(12-13-23(17)26)32-16-24(29)28(15-19-8-10-21(31-3)11-9-19)18(2)25(30)27-20-6-4-5-7-20/h8-14,18,20H,4-7,15-16H2,1-3H3,(H,27,30). The molecule has 1 unspecified atom stereocenters. The van der Waals surface area contributed by atoms with E-state index in [0.717, 1.165) is 42.6 Å². The molecule has 0 aromatic heterocycles. The Morgan fingerprint density at radius 3 is 2.41 bits per heavy atom. The summed E-state index contributed by atoms with van der Waals surface area (Å²) in [5.41, 5.74) is 1.78. The molecule has 1 N–H and O–H groups in total. The van der Waals surface area contributed by atoms with E-state index in [1.165, 1.54) is 0 Å². The maximum atomic E-state index is 13.1. The molecular formula is C25H31ClN2O4. The zero-order valence-corrected chi connectivity index (χ0v) is 19.7. The fourth-order valence-electron chi connectivity index (χ4n) is 3.84. The zero-order chi connectivity index (χ0) is 23.1. The van der Waals surface area contributed by atoms with Crippen molar-refractivity contribution in [2.75, 3.05) is 13.7 Å². The summed E-state index contributed by atoms with van der Waals surface area (Å²) < 4.78 is 10.9. The molecule has 1 saturated carbocycles. The van der Waals surface area contributed by atoms with Crippen molar-refractivity contribution in [1.82, 2.24) is 10.2 Å². The van der Waals surface area contributed by atoms with Crippen LogP contribution in [0.5, 0.6) is 11.5 Å². The molecule has 0 bridgehead atoms. The highest BCUT2D eigenvalue weighted by atomic mass is 35.5. The Bertz CT molecular complexity index is 926. The average molecular weight is 459 g/mol. The number of carbonyl (C=O) groups is 2. The number of nitrogens with one attached hydrogen (secondary N) is 1. The van der Waals surface area contributed by atoms with Gasteiger partial charge in [0.15, 0.2) is 6.61 Å². The van der Waals surface area contributed by atoms with Crippen molar-refractivity contribution in [3.05, 3.63) is 58.6 Å². The first-order valence-corrected chi connectivity index (χ1v) is 11.4. The van der Waals surface area contributed by atoms with Crippen LogP contribution in [0.25, 0.3) is 0 Å². The fourth-order valence-corrected chi connectivity index (χ4v) is 3.95. The Morgan fingerprint density at radius 2 is 1.78 bits per heavy atom. The minimum Gasteiger partial charge on any atom is -0.497 e. The molecule has 0 heterocycles. The van der Waals surface area contributed by atoms with Gasteiger partial charge in [0.2, 0.25) is 5.91 Å². The van der Waals surface area contributed by atoms with Crippen molar-refractivity contribution in [1.29, 1.82) is 0 Å². The summed E-state index contributed by atoms with van der Waals surface area (Å²) in [4.78, 5) is 27.6. The van der Waals surface area contributed by atoms with Crippen molar-refractivity contribution in [2.24, 2.45) is 0 Å². The van der Waals surface area contributed by atoms with E-state index in [-0.39, 0.29) is 24.5 Å². The number of halogens is 1. The lowest BCUT2D eigenvalue weighted by Gasteiger charge is -2.29. The van der Waals surface area contributed by atoms with Crippen LogP contribution < -0.4 is 14.8 Å². The maximum Gasteiger partial charge on any atom is 0.261 e. The van der Waals surface area contributed by atoms with Gasteiger partial charge >= 0.3 is 0 Å². The fraction of sp³-hybridized carbons (Fsp3) is 0.440. The number of amides is 2. The molecule has 7 heteroatoms. The van der Waals surface area contributed by atoms with Crippen LogP contribution in [0.1, 0.15) is 43.7 Å². The highest BCUT2D eigenvalue weighted by Gasteiger charge is 2.28. The van der Waals surface area contributed by atoms with Crippen molar-refractivity contribution >= 4 is 23.4 Å². The third-order valence-electron chi connectivity index (χ3n) is 5.87. The first-order valence-electron chi connectivity index (χ1n) is 11.0. The van der Waals surface area contributed by atoms with Gasteiger partial charge in [0.05, 0.1) is 7.11 Å². The second-order valence-electron chi connectivity index (χ2n) is 8.24. The number of nitrogens with zero attached hydrogens (tertiary/aromatic N) is 1. The molecule has 32 heavy (non-hydrogen) atoms. The summed E-state index contributed by atoms with van der Waals surface area (Å²) in [5.74, 6) is 0.899. The molecule has 1 aliphatic carbocycles. The molecule has 2 amide bonds. The molecule has 3 rings (SSSR count). The second-order valence-corrected chi connectivity index (χ2v) is 8.64. The SMILES string of the molecule is COc1ccc(CN(C(=O)COc2ccc(Cl)c(C)c2)C(C)C(=O)NC2CCCC2)cc1. The summed E-state index contributed by atoms with van der Waals surface area (Å²) in [6.07, 6.45) is 4.23. The highest BCUT2D eigenvalue weighted by Crippen LogP contribution is 2.22. The van der Waals surface area contributed by atoms with Gasteiger partial charge in [-0.15, -0.1) is 0 Å². The quantitative estimate of drug-likeness (QED) is 0.600. The van der Waals surface area contributed by atoms with Gasteiger partial charge in [-0.25, -0.2) is 0 Å². The van der Waals surface area contributed by atoms with Crippen LogP contribution in [-0.2, 0) is 16.1 Å². The molecule has 1 fully saturated rings. The number of hydrogen-bond acceptors (Lipinski definition) is 4. The van der Waals surface area contributed by atoms with E-state index in [4.69, 9.17) is 21.1 Å². The lowest BCUT2D eigenvalue weighted by atomic mass is 10.1. The Labute approximate surface area is 194 Å². The Balaban J connectivity index is 1.71. The number of ether oxygens (including phenoxy) is 2. The largest absolute Gasteiger partial charge is 0.497 e. The minimum atomic E-state index is -0.624. The van der Waals surface area contributed by atoms with E-state index in [9.17, 15) is 9.59 Å². The normalized spacial score (nSPS) is 14.6. The Morgan fingerprint density at radius 1 is 1.12 bits per heavy atom. The van der Waals surface area contributed by atoms with Crippen molar-refractivity contribution in [2.45, 2.75) is 58.2 Å². The number of benzene rings is 2. The molecule has 172 valence electrons. The topological polar surface area (TPSA) is 67.9 Å². The van der Waals surface area contributed by atoms with Crippen LogP contribution >= 0.6 is 11.6 Å². The molecule has 0 spiro atoms. The Kier molecular flexibility index (Phi) is 8.39. The van der Waals surface area contributed by atoms with Crippen molar-refractivity contribution in [3.63, 3.8) is 0 Å². The smallest absolute Gasteiger partial charge is 0.261 e. The lowest BCUT2D eigenvalue weighted by Crippen LogP contribution is -2.50. The van der Waals surface area contributed by atoms with Gasteiger partial charge < -0.3 is 19.7 Å². The van der Waals surface area contributed by atoms with Gasteiger partial charge in [-0.2, -0.15) is 0 Å². The van der Waals surface area contributed by atoms with Crippen LogP contribution in [0.2, 0.25) is 5.02 Å². The predicted molar refractivity (Wildman–Crippen MR) is 125 cm³/mol. The molecule has 2 aromatic carbocycles. The monoisotopic (exact) mass is 458 g/mol. The van der Waals surface area contributed by atoms with E-state index in [1.54, 1.807) is 37.1 Å². The number of rotatable bonds is 9. The van der Waals surface area contributed by atoms with Crippen LogP contribution in [0.3, 0.4) is 0 Å². The molecule has 0 aliphatic heterocycles. The summed E-state index contributed by atoms with van der Waals surface area (Å²) in [7, 11) is 1.61. The highest BCUT2D eigenvalue weighted by molar-refractivity contribution is 6.31. The predicted octanol–water partition coefficient (Wildman–Crippen LogP) is 4.51. The van der Waals surface area contributed by atoms with Gasteiger partial charge in [0.25, 0.3) is 5.91 Å². The van der Waals surface area contributed by atoms with Crippen molar-refractivity contribution in [3.8, 4) is 11.5 Å². The van der Waals surface area contributed by atoms with E-state index in [1.807, 2.05) is 31.2 Å². The van der Waals surface area contributed by atoms with Crippen LogP contribution in [-0.4, -0.2) is 42.5 Å². The number of methoxy groups -OCH3 is 1. The van der Waals surface area contributed by atoms with Gasteiger partial charge in [-0.1, -0.05) is 36.6 Å². The molecule has 1 aliphatic rings. The average Bonchev–Trinajstić information content (AvgIpc) is 3.31. The van der Waals surface area contributed by atoms with E-state index >= 15 is 0 Å². The first kappa shape index (κ1) is 23.9. The summed E-state index contributed by atoms with van der Waals surface area (Å²) in [5, 5.41) is 3.74. The minimum absolute atomic E-state index is 0.138. The Hall–Kier alpha value is -2.73. The molecule has 0 radical (unpaired) electrons. The summed E-state index contributed by atoms with van der Waals surface area (Å²) >= 11 is 6.07. The maximum absolute atomic E-state index is 13.1.